The van der Waals surface area contributed by atoms with E-state index in [0.29, 0.717) is 0 Å². The van der Waals surface area contributed by atoms with Crippen LogP contribution in [0.25, 0.3) is 11.0 Å². The molecule has 2 aromatic rings. The first kappa shape index (κ1) is 16.6. The Labute approximate surface area is 149 Å². The van der Waals surface area contributed by atoms with Gasteiger partial charge in [-0.15, -0.1) is 0 Å². The first-order chi connectivity index (χ1) is 12.1. The van der Waals surface area contributed by atoms with E-state index in [1.807, 2.05) is 30.0 Å². The summed E-state index contributed by atoms with van der Waals surface area (Å²) in [5, 5.41) is 0. The van der Waals surface area contributed by atoms with Crippen LogP contribution in [0.1, 0.15) is 48.8 Å². The van der Waals surface area contributed by atoms with E-state index in [4.69, 9.17) is 0 Å². The molecule has 1 aromatic carbocycles. The molecular weight excluding hydrogens is 312 g/mol. The number of imidazole rings is 1. The normalized spacial score (nSPS) is 25.4. The zero-order valence-electron chi connectivity index (χ0n) is 15.3. The lowest BCUT2D eigenvalue weighted by atomic mass is 9.86. The highest BCUT2D eigenvalue weighted by molar-refractivity contribution is 5.97. The van der Waals surface area contributed by atoms with Crippen LogP contribution < -0.4 is 0 Å². The second kappa shape index (κ2) is 6.79. The van der Waals surface area contributed by atoms with Gasteiger partial charge >= 0.3 is 0 Å². The van der Waals surface area contributed by atoms with Gasteiger partial charge in [0, 0.05) is 37.8 Å². The van der Waals surface area contributed by atoms with Crippen molar-refractivity contribution in [3.63, 3.8) is 0 Å². The van der Waals surface area contributed by atoms with Crippen LogP contribution in [0.15, 0.2) is 18.2 Å². The quantitative estimate of drug-likeness (QED) is 0.913. The number of amides is 1. The maximum atomic E-state index is 12.8. The number of benzene rings is 1. The third-order valence-corrected chi connectivity index (χ3v) is 5.95. The molecule has 134 valence electrons. The molecule has 0 unspecified atom stereocenters. The Morgan fingerprint density at radius 1 is 1.12 bits per heavy atom. The molecule has 2 aliphatic rings. The molecule has 1 saturated carbocycles. The molecule has 1 saturated heterocycles. The maximum Gasteiger partial charge on any atom is 0.254 e. The highest BCUT2D eigenvalue weighted by Gasteiger charge is 2.28. The number of hydrogen-bond acceptors (Lipinski definition) is 3. The monoisotopic (exact) mass is 340 g/mol. The molecule has 0 bridgehead atoms. The molecular formula is C20H28N4O. The number of H-pyrrole nitrogens is 1. The molecule has 1 aliphatic carbocycles. The summed E-state index contributed by atoms with van der Waals surface area (Å²) in [7, 11) is 0. The van der Waals surface area contributed by atoms with E-state index in [2.05, 4.69) is 21.8 Å². The molecule has 5 nitrogen and oxygen atoms in total. The van der Waals surface area contributed by atoms with Gasteiger partial charge in [0.1, 0.15) is 5.82 Å². The average Bonchev–Trinajstić information content (AvgIpc) is 3.01. The lowest BCUT2D eigenvalue weighted by Crippen LogP contribution is -2.52. The Morgan fingerprint density at radius 3 is 2.56 bits per heavy atom. The lowest BCUT2D eigenvalue weighted by Gasteiger charge is -2.41. The van der Waals surface area contributed by atoms with Gasteiger partial charge < -0.3 is 9.88 Å². The van der Waals surface area contributed by atoms with Gasteiger partial charge in [0.15, 0.2) is 0 Å². The van der Waals surface area contributed by atoms with Crippen LogP contribution in [0, 0.1) is 12.8 Å². The van der Waals surface area contributed by atoms with E-state index in [1.54, 1.807) is 0 Å². The minimum atomic E-state index is 0.138. The molecule has 25 heavy (non-hydrogen) atoms. The minimum absolute atomic E-state index is 0.138. The number of fused-ring (bicyclic) bond motifs is 1. The van der Waals surface area contributed by atoms with Gasteiger partial charge in [0.05, 0.1) is 11.0 Å². The summed E-state index contributed by atoms with van der Waals surface area (Å²) in [5.74, 6) is 1.91. The summed E-state index contributed by atoms with van der Waals surface area (Å²) in [6, 6.07) is 6.52. The average molecular weight is 340 g/mol. The molecule has 1 N–H and O–H groups in total. The molecule has 4 rings (SSSR count). The van der Waals surface area contributed by atoms with Crippen molar-refractivity contribution >= 4 is 16.9 Å². The van der Waals surface area contributed by atoms with Crippen LogP contribution in [0.5, 0.6) is 0 Å². The van der Waals surface area contributed by atoms with Crippen LogP contribution in [0.3, 0.4) is 0 Å². The number of rotatable bonds is 2. The second-order valence-corrected chi connectivity index (χ2v) is 7.80. The van der Waals surface area contributed by atoms with E-state index >= 15 is 0 Å². The van der Waals surface area contributed by atoms with Crippen molar-refractivity contribution in [2.24, 2.45) is 5.92 Å². The van der Waals surface area contributed by atoms with E-state index in [9.17, 15) is 4.79 Å². The molecule has 1 aromatic heterocycles. The molecule has 1 amide bonds. The number of carbonyl (C=O) groups excluding carboxylic acids is 1. The van der Waals surface area contributed by atoms with Crippen molar-refractivity contribution in [1.82, 2.24) is 19.8 Å². The topological polar surface area (TPSA) is 52.2 Å². The number of aromatic nitrogens is 2. The smallest absolute Gasteiger partial charge is 0.254 e. The number of aryl methyl sites for hydroxylation is 1. The highest BCUT2D eigenvalue weighted by Crippen LogP contribution is 2.28. The van der Waals surface area contributed by atoms with E-state index in [-0.39, 0.29) is 5.91 Å². The molecule has 0 radical (unpaired) electrons. The van der Waals surface area contributed by atoms with Crippen molar-refractivity contribution < 1.29 is 4.79 Å². The number of nitrogens with one attached hydrogen (secondary N) is 1. The summed E-state index contributed by atoms with van der Waals surface area (Å²) in [6.45, 7) is 7.99. The van der Waals surface area contributed by atoms with Gasteiger partial charge in [0.25, 0.3) is 5.91 Å². The standard InChI is InChI=1S/C20H28N4O/c1-14-3-6-17(7-4-14)23-9-11-24(12-10-23)20(25)16-5-8-18-19(13-16)22-15(2)21-18/h5,8,13-14,17H,3-4,6-7,9-12H2,1-2H3,(H,21,22). The van der Waals surface area contributed by atoms with E-state index in [0.717, 1.165) is 60.6 Å². The third kappa shape index (κ3) is 3.43. The summed E-state index contributed by atoms with van der Waals surface area (Å²) in [5.41, 5.74) is 2.61. The fourth-order valence-corrected chi connectivity index (χ4v) is 4.35. The largest absolute Gasteiger partial charge is 0.342 e. The van der Waals surface area contributed by atoms with Gasteiger partial charge in [-0.3, -0.25) is 9.69 Å². The van der Waals surface area contributed by atoms with Gasteiger partial charge in [-0.25, -0.2) is 4.98 Å². The zero-order valence-corrected chi connectivity index (χ0v) is 15.3. The number of piperazine rings is 1. The molecule has 5 heteroatoms. The first-order valence-corrected chi connectivity index (χ1v) is 9.60. The number of carbonyl (C=O) groups is 1. The second-order valence-electron chi connectivity index (χ2n) is 7.80. The third-order valence-electron chi connectivity index (χ3n) is 5.95. The van der Waals surface area contributed by atoms with Gasteiger partial charge in [-0.1, -0.05) is 6.92 Å². The van der Waals surface area contributed by atoms with Gasteiger partial charge in [-0.2, -0.15) is 0 Å². The van der Waals surface area contributed by atoms with Crippen LogP contribution in [-0.4, -0.2) is 57.9 Å². The van der Waals surface area contributed by atoms with Crippen molar-refractivity contribution in [2.75, 3.05) is 26.2 Å². The molecule has 0 spiro atoms. The predicted octanol–water partition coefficient (Wildman–Crippen LogP) is 3.21. The number of hydrogen-bond donors (Lipinski definition) is 1. The van der Waals surface area contributed by atoms with Gasteiger partial charge in [0.2, 0.25) is 0 Å². The Morgan fingerprint density at radius 2 is 1.84 bits per heavy atom. The molecule has 2 fully saturated rings. The van der Waals surface area contributed by atoms with Crippen LogP contribution >= 0.6 is 0 Å². The predicted molar refractivity (Wildman–Crippen MR) is 99.7 cm³/mol. The van der Waals surface area contributed by atoms with Crippen molar-refractivity contribution in [3.05, 3.63) is 29.6 Å². The van der Waals surface area contributed by atoms with E-state index < -0.39 is 0 Å². The van der Waals surface area contributed by atoms with Gasteiger partial charge in [-0.05, 0) is 56.7 Å². The first-order valence-electron chi connectivity index (χ1n) is 9.60. The lowest BCUT2D eigenvalue weighted by molar-refractivity contribution is 0.0501. The molecule has 1 aliphatic heterocycles. The Hall–Kier alpha value is -1.88. The van der Waals surface area contributed by atoms with Crippen molar-refractivity contribution in [2.45, 2.75) is 45.6 Å². The maximum absolute atomic E-state index is 12.8. The minimum Gasteiger partial charge on any atom is -0.342 e. The SMILES string of the molecule is Cc1nc2cc(C(=O)N3CCN(C4CCC(C)CC4)CC3)ccc2[nH]1. The fourth-order valence-electron chi connectivity index (χ4n) is 4.35. The Bertz CT molecular complexity index is 752. The summed E-state index contributed by atoms with van der Waals surface area (Å²) < 4.78 is 0. The van der Waals surface area contributed by atoms with Crippen LogP contribution in [0.2, 0.25) is 0 Å². The van der Waals surface area contributed by atoms with E-state index in [1.165, 1.54) is 25.7 Å². The molecule has 2 heterocycles. The van der Waals surface area contributed by atoms with Crippen LogP contribution in [0.4, 0.5) is 0 Å². The molecule has 0 atom stereocenters. The summed E-state index contributed by atoms with van der Waals surface area (Å²) in [4.78, 5) is 25.1. The Kier molecular flexibility index (Phi) is 4.50. The summed E-state index contributed by atoms with van der Waals surface area (Å²) in [6.07, 6.45) is 5.36. The van der Waals surface area contributed by atoms with Crippen molar-refractivity contribution in [3.8, 4) is 0 Å². The van der Waals surface area contributed by atoms with Crippen molar-refractivity contribution in [1.29, 1.82) is 0 Å². The number of aromatic amines is 1. The number of nitrogens with zero attached hydrogens (tertiary/aromatic N) is 3. The summed E-state index contributed by atoms with van der Waals surface area (Å²) >= 11 is 0. The Balaban J connectivity index is 1.38. The highest BCUT2D eigenvalue weighted by atomic mass is 16.2. The van der Waals surface area contributed by atoms with Crippen LogP contribution in [-0.2, 0) is 0 Å². The fraction of sp³-hybridized carbons (Fsp3) is 0.600. The zero-order chi connectivity index (χ0) is 17.4.